The van der Waals surface area contributed by atoms with Crippen molar-refractivity contribution in [2.75, 3.05) is 0 Å². The lowest BCUT2D eigenvalue weighted by Crippen LogP contribution is -2.28. The van der Waals surface area contributed by atoms with Crippen molar-refractivity contribution in [3.8, 4) is 0 Å². The molecule has 1 aliphatic rings. The quantitative estimate of drug-likeness (QED) is 0.271. The molecule has 0 unspecified atom stereocenters. The summed E-state index contributed by atoms with van der Waals surface area (Å²) in [6.45, 7) is 7.08. The first-order valence-corrected chi connectivity index (χ1v) is 11.8. The van der Waals surface area contributed by atoms with Gasteiger partial charge >= 0.3 is 0 Å². The van der Waals surface area contributed by atoms with E-state index in [4.69, 9.17) is 4.42 Å². The van der Waals surface area contributed by atoms with Crippen LogP contribution in [0.15, 0.2) is 52.1 Å². The molecule has 8 heteroatoms. The number of hydrogen-bond acceptors (Lipinski definition) is 6. The van der Waals surface area contributed by atoms with Crippen LogP contribution in [0.4, 0.5) is 10.7 Å². The fourth-order valence-electron chi connectivity index (χ4n) is 4.16. The number of nitro benzene ring substituents is 1. The van der Waals surface area contributed by atoms with Gasteiger partial charge in [-0.2, -0.15) is 0 Å². The zero-order valence-electron chi connectivity index (χ0n) is 19.0. The van der Waals surface area contributed by atoms with Crippen LogP contribution in [0.25, 0.3) is 0 Å². The highest BCUT2D eigenvalue weighted by molar-refractivity contribution is 7.16. The predicted molar refractivity (Wildman–Crippen MR) is 130 cm³/mol. The summed E-state index contributed by atoms with van der Waals surface area (Å²) >= 11 is 1.55. The Labute approximate surface area is 196 Å². The fraction of sp³-hybridized carbons (Fsp3) is 0.360. The number of amides is 1. The van der Waals surface area contributed by atoms with Crippen molar-refractivity contribution < 1.29 is 14.1 Å². The van der Waals surface area contributed by atoms with Crippen LogP contribution in [0.2, 0.25) is 0 Å². The van der Waals surface area contributed by atoms with Crippen LogP contribution in [0.3, 0.4) is 0 Å². The monoisotopic (exact) mass is 465 g/mol. The molecule has 1 amide bonds. The Balaban J connectivity index is 1.66. The molecule has 1 atom stereocenters. The average molecular weight is 466 g/mol. The van der Waals surface area contributed by atoms with Crippen molar-refractivity contribution in [1.29, 1.82) is 0 Å². The molecule has 0 saturated heterocycles. The third kappa shape index (κ3) is 5.22. The van der Waals surface area contributed by atoms with Crippen LogP contribution < -0.4 is 5.32 Å². The molecule has 3 aromatic rings. The minimum atomic E-state index is -0.429. The van der Waals surface area contributed by atoms with Crippen molar-refractivity contribution >= 4 is 34.1 Å². The molecule has 172 valence electrons. The van der Waals surface area contributed by atoms with Crippen LogP contribution in [-0.2, 0) is 19.4 Å². The van der Waals surface area contributed by atoms with Crippen molar-refractivity contribution in [1.82, 2.24) is 5.32 Å². The normalized spacial score (nSPS) is 16.0. The minimum absolute atomic E-state index is 0.00820. The Kier molecular flexibility index (Phi) is 6.47. The molecule has 0 radical (unpaired) electrons. The number of rotatable bonds is 6. The van der Waals surface area contributed by atoms with E-state index >= 15 is 0 Å². The summed E-state index contributed by atoms with van der Waals surface area (Å²) in [7, 11) is 0. The average Bonchev–Trinajstić information content (AvgIpc) is 3.42. The van der Waals surface area contributed by atoms with Gasteiger partial charge < -0.3 is 9.73 Å². The Morgan fingerprint density at radius 2 is 2.15 bits per heavy atom. The Bertz CT molecular complexity index is 1190. The summed E-state index contributed by atoms with van der Waals surface area (Å²) in [5, 5.41) is 14.7. The van der Waals surface area contributed by atoms with Crippen LogP contribution in [-0.4, -0.2) is 17.0 Å². The molecule has 4 rings (SSSR count). The summed E-state index contributed by atoms with van der Waals surface area (Å²) in [5.74, 6) is 1.04. The maximum atomic E-state index is 13.2. The van der Waals surface area contributed by atoms with Gasteiger partial charge in [0.2, 0.25) is 0 Å². The highest BCUT2D eigenvalue weighted by Crippen LogP contribution is 2.45. The van der Waals surface area contributed by atoms with Gasteiger partial charge in [0.25, 0.3) is 11.6 Å². The number of nitro groups is 1. The molecule has 7 nitrogen and oxygen atoms in total. The molecule has 33 heavy (non-hydrogen) atoms. The van der Waals surface area contributed by atoms with Crippen molar-refractivity contribution in [3.05, 3.63) is 80.1 Å². The molecule has 0 bridgehead atoms. The van der Waals surface area contributed by atoms with Gasteiger partial charge in [-0.3, -0.25) is 14.9 Å². The maximum Gasteiger partial charge on any atom is 0.270 e. The third-order valence-corrected chi connectivity index (χ3v) is 7.28. The van der Waals surface area contributed by atoms with Gasteiger partial charge in [-0.1, -0.05) is 32.9 Å². The number of hydrogen-bond donors (Lipinski definition) is 1. The maximum absolute atomic E-state index is 13.2. The highest BCUT2D eigenvalue weighted by atomic mass is 32.1. The topological polar surface area (TPSA) is 97.7 Å². The molecule has 2 heterocycles. The number of aliphatic imine (C=N–C) groups is 1. The van der Waals surface area contributed by atoms with Crippen LogP contribution >= 0.6 is 11.3 Å². The largest absolute Gasteiger partial charge is 0.467 e. The number of non-ortho nitro benzene ring substituents is 1. The number of benzene rings is 1. The first-order valence-electron chi connectivity index (χ1n) is 11.0. The first-order chi connectivity index (χ1) is 15.7. The Morgan fingerprint density at radius 1 is 1.33 bits per heavy atom. The number of nitrogens with one attached hydrogen (secondary N) is 1. The number of carbonyl (C=O) groups excluding carboxylic acids is 1. The van der Waals surface area contributed by atoms with E-state index in [1.165, 1.54) is 17.0 Å². The molecule has 2 aromatic heterocycles. The molecule has 0 aliphatic heterocycles. The van der Waals surface area contributed by atoms with Gasteiger partial charge in [0.15, 0.2) is 0 Å². The van der Waals surface area contributed by atoms with Gasteiger partial charge in [-0.25, -0.2) is 4.99 Å². The molecule has 1 N–H and O–H groups in total. The van der Waals surface area contributed by atoms with E-state index < -0.39 is 4.92 Å². The highest BCUT2D eigenvalue weighted by Gasteiger charge is 2.33. The van der Waals surface area contributed by atoms with E-state index in [0.717, 1.165) is 24.8 Å². The Morgan fingerprint density at radius 3 is 2.85 bits per heavy atom. The number of fused-ring (bicyclic) bond motifs is 1. The van der Waals surface area contributed by atoms with Crippen LogP contribution in [0, 0.1) is 21.4 Å². The van der Waals surface area contributed by atoms with Crippen molar-refractivity contribution in [2.45, 2.75) is 46.6 Å². The van der Waals surface area contributed by atoms with E-state index in [-0.39, 0.29) is 17.0 Å². The van der Waals surface area contributed by atoms with Gasteiger partial charge in [0.05, 0.1) is 23.3 Å². The molecule has 0 fully saturated rings. The van der Waals surface area contributed by atoms with Crippen molar-refractivity contribution in [3.63, 3.8) is 0 Å². The number of furan rings is 1. The smallest absolute Gasteiger partial charge is 0.270 e. The molecule has 1 aliphatic carbocycles. The van der Waals surface area contributed by atoms with Crippen LogP contribution in [0.1, 0.15) is 59.3 Å². The van der Waals surface area contributed by atoms with E-state index in [1.807, 2.05) is 6.07 Å². The second kappa shape index (κ2) is 9.31. The van der Waals surface area contributed by atoms with Gasteiger partial charge in [0, 0.05) is 23.2 Å². The second-order valence-electron chi connectivity index (χ2n) is 9.36. The second-order valence-corrected chi connectivity index (χ2v) is 10.4. The van der Waals surface area contributed by atoms with Gasteiger partial charge in [-0.05, 0) is 53.9 Å². The molecule has 1 aromatic carbocycles. The zero-order valence-corrected chi connectivity index (χ0v) is 19.8. The lowest BCUT2D eigenvalue weighted by atomic mass is 9.72. The summed E-state index contributed by atoms with van der Waals surface area (Å²) in [5.41, 5.74) is 2.49. The molecular weight excluding hydrogens is 438 g/mol. The predicted octanol–water partition coefficient (Wildman–Crippen LogP) is 6.08. The number of nitrogens with zero attached hydrogens (tertiary/aromatic N) is 2. The van der Waals surface area contributed by atoms with Crippen molar-refractivity contribution in [2.24, 2.45) is 16.3 Å². The summed E-state index contributed by atoms with van der Waals surface area (Å²) in [6.07, 6.45) is 5.96. The van der Waals surface area contributed by atoms with Gasteiger partial charge in [-0.15, -0.1) is 11.3 Å². The summed E-state index contributed by atoms with van der Waals surface area (Å²) in [6, 6.07) is 9.92. The molecule has 0 saturated carbocycles. The number of carbonyl (C=O) groups is 1. The van der Waals surface area contributed by atoms with Gasteiger partial charge in [0.1, 0.15) is 10.8 Å². The van der Waals surface area contributed by atoms with E-state index in [9.17, 15) is 14.9 Å². The third-order valence-electron chi connectivity index (χ3n) is 6.11. The fourth-order valence-corrected chi connectivity index (χ4v) is 5.43. The first kappa shape index (κ1) is 22.9. The van der Waals surface area contributed by atoms with Crippen LogP contribution in [0.5, 0.6) is 0 Å². The molecule has 0 spiro atoms. The molecular formula is C25H27N3O4S. The summed E-state index contributed by atoms with van der Waals surface area (Å²) < 4.78 is 5.33. The Hall–Kier alpha value is -3.26. The van der Waals surface area contributed by atoms with E-state index in [1.54, 1.807) is 42.0 Å². The summed E-state index contributed by atoms with van der Waals surface area (Å²) in [4.78, 5) is 29.7. The zero-order chi connectivity index (χ0) is 23.6. The SMILES string of the molecule is CC(C)(C)[C@@H]1CCc2c(sc(N=Cc3cccc([N+](=O)[O-])c3)c2C(=O)NCc2ccco2)C1. The lowest BCUT2D eigenvalue weighted by molar-refractivity contribution is -0.384. The van der Waals surface area contributed by atoms with E-state index in [0.29, 0.717) is 34.4 Å². The standard InChI is InChI=1S/C25H27N3O4S/c1-25(2,3)17-9-10-20-21(13-17)33-24(22(20)23(29)26-15-19-8-5-11-32-19)27-14-16-6-4-7-18(12-16)28(30)31/h4-8,11-12,14,17H,9-10,13,15H2,1-3H3,(H,26,29)/t17-/m1/s1. The lowest BCUT2D eigenvalue weighted by Gasteiger charge is -2.33. The minimum Gasteiger partial charge on any atom is -0.467 e. The number of thiophene rings is 1. The van der Waals surface area contributed by atoms with E-state index in [2.05, 4.69) is 31.1 Å².